The summed E-state index contributed by atoms with van der Waals surface area (Å²) in [7, 11) is 0. The van der Waals surface area contributed by atoms with Crippen LogP contribution < -0.4 is 21.9 Å². The lowest BCUT2D eigenvalue weighted by Crippen LogP contribution is -2.43. The van der Waals surface area contributed by atoms with Gasteiger partial charge in [-0.25, -0.2) is 4.79 Å². The first-order valence-electron chi connectivity index (χ1n) is 6.04. The minimum Gasteiger partial charge on any atom is -0.387 e. The molecule has 1 atom stereocenters. The molecule has 1 aromatic heterocycles. The Balaban J connectivity index is 1.78. The van der Waals surface area contributed by atoms with Crippen LogP contribution in [0.5, 0.6) is 0 Å². The Morgan fingerprint density at radius 1 is 1.44 bits per heavy atom. The quantitative estimate of drug-likeness (QED) is 0.387. The number of hydrogen-bond donors (Lipinski definition) is 5. The van der Waals surface area contributed by atoms with E-state index in [-0.39, 0.29) is 5.56 Å². The van der Waals surface area contributed by atoms with Crippen molar-refractivity contribution in [1.29, 1.82) is 0 Å². The minimum atomic E-state index is -0.683. The van der Waals surface area contributed by atoms with E-state index in [2.05, 4.69) is 20.6 Å². The van der Waals surface area contributed by atoms with E-state index in [0.29, 0.717) is 31.6 Å². The normalized spacial score (nSPS) is 23.4. The van der Waals surface area contributed by atoms with Gasteiger partial charge in [-0.15, -0.1) is 0 Å². The molecule has 18 heavy (non-hydrogen) atoms. The first-order valence-corrected chi connectivity index (χ1v) is 6.04. The van der Waals surface area contributed by atoms with Crippen LogP contribution in [0.25, 0.3) is 0 Å². The van der Waals surface area contributed by atoms with Gasteiger partial charge >= 0.3 is 5.69 Å². The Morgan fingerprint density at radius 2 is 2.28 bits per heavy atom. The molecular formula is C11H18N4O3. The van der Waals surface area contributed by atoms with Crippen molar-refractivity contribution in [2.75, 3.05) is 26.2 Å². The molecule has 2 heterocycles. The van der Waals surface area contributed by atoms with Gasteiger partial charge in [0.2, 0.25) is 0 Å². The highest BCUT2D eigenvalue weighted by molar-refractivity contribution is 5.03. The summed E-state index contributed by atoms with van der Waals surface area (Å²) in [5, 5.41) is 16.3. The van der Waals surface area contributed by atoms with Crippen molar-refractivity contribution in [3.63, 3.8) is 0 Å². The molecule has 1 unspecified atom stereocenters. The topological polar surface area (TPSA) is 110 Å². The van der Waals surface area contributed by atoms with Crippen LogP contribution in [-0.2, 0) is 6.42 Å². The summed E-state index contributed by atoms with van der Waals surface area (Å²) in [6.45, 7) is 2.51. The van der Waals surface area contributed by atoms with E-state index < -0.39 is 11.3 Å². The third-order valence-corrected chi connectivity index (χ3v) is 3.14. The molecule has 7 nitrogen and oxygen atoms in total. The molecule has 7 heteroatoms. The summed E-state index contributed by atoms with van der Waals surface area (Å²) in [4.78, 5) is 26.8. The Hall–Kier alpha value is -1.44. The monoisotopic (exact) mass is 254 g/mol. The Kier molecular flexibility index (Phi) is 3.95. The summed E-state index contributed by atoms with van der Waals surface area (Å²) < 4.78 is 0. The molecule has 1 aliphatic heterocycles. The van der Waals surface area contributed by atoms with Gasteiger partial charge < -0.3 is 20.7 Å². The second-order valence-electron chi connectivity index (χ2n) is 4.68. The van der Waals surface area contributed by atoms with Crippen molar-refractivity contribution in [2.24, 2.45) is 0 Å². The van der Waals surface area contributed by atoms with E-state index >= 15 is 0 Å². The van der Waals surface area contributed by atoms with E-state index in [1.165, 1.54) is 6.20 Å². The summed E-state index contributed by atoms with van der Waals surface area (Å²) in [5.41, 5.74) is -1.01. The van der Waals surface area contributed by atoms with Gasteiger partial charge in [-0.05, 0) is 25.9 Å². The molecule has 0 amide bonds. The van der Waals surface area contributed by atoms with E-state index in [1.807, 2.05) is 0 Å². The lowest BCUT2D eigenvalue weighted by Gasteiger charge is -2.21. The molecule has 1 saturated heterocycles. The smallest absolute Gasteiger partial charge is 0.325 e. The lowest BCUT2D eigenvalue weighted by atomic mass is 10.0. The number of aromatic nitrogens is 2. The van der Waals surface area contributed by atoms with Gasteiger partial charge in [-0.3, -0.25) is 9.78 Å². The predicted molar refractivity (Wildman–Crippen MR) is 66.7 cm³/mol. The van der Waals surface area contributed by atoms with Gasteiger partial charge in [-0.1, -0.05) is 0 Å². The molecular weight excluding hydrogens is 236 g/mol. The summed E-state index contributed by atoms with van der Waals surface area (Å²) in [6.07, 6.45) is 2.67. The molecule has 0 spiro atoms. The zero-order valence-corrected chi connectivity index (χ0v) is 10.1. The standard InChI is InChI=1S/C11H18N4O3/c16-9-8(5-14-10(17)15-9)1-3-12-6-11(18)2-4-13-7-11/h5,12-13,18H,1-4,6-7H2,(H2,14,15,16,17). The van der Waals surface area contributed by atoms with E-state index in [4.69, 9.17) is 0 Å². The summed E-state index contributed by atoms with van der Waals surface area (Å²) >= 11 is 0. The van der Waals surface area contributed by atoms with Crippen LogP contribution in [0.4, 0.5) is 0 Å². The Bertz CT molecular complexity index is 502. The third kappa shape index (κ3) is 3.28. The average molecular weight is 254 g/mol. The first-order chi connectivity index (χ1) is 8.59. The zero-order chi connectivity index (χ0) is 13.0. The van der Waals surface area contributed by atoms with Crippen LogP contribution in [-0.4, -0.2) is 46.9 Å². The molecule has 1 fully saturated rings. The molecule has 0 aliphatic carbocycles. The van der Waals surface area contributed by atoms with Crippen molar-refractivity contribution in [3.05, 3.63) is 32.6 Å². The van der Waals surface area contributed by atoms with Gasteiger partial charge in [0.15, 0.2) is 0 Å². The highest BCUT2D eigenvalue weighted by Gasteiger charge is 2.30. The van der Waals surface area contributed by atoms with Crippen molar-refractivity contribution in [3.8, 4) is 0 Å². The van der Waals surface area contributed by atoms with Gasteiger partial charge in [0.1, 0.15) is 0 Å². The van der Waals surface area contributed by atoms with Gasteiger partial charge in [0, 0.05) is 24.8 Å². The van der Waals surface area contributed by atoms with Crippen molar-refractivity contribution in [1.82, 2.24) is 20.6 Å². The second kappa shape index (κ2) is 5.47. The van der Waals surface area contributed by atoms with Crippen LogP contribution >= 0.6 is 0 Å². The maximum Gasteiger partial charge on any atom is 0.325 e. The molecule has 100 valence electrons. The molecule has 1 aromatic rings. The van der Waals surface area contributed by atoms with Crippen LogP contribution in [0, 0.1) is 0 Å². The largest absolute Gasteiger partial charge is 0.387 e. The van der Waals surface area contributed by atoms with E-state index in [0.717, 1.165) is 13.0 Å². The number of β-amino-alcohol motifs (C(OH)–C–C–N with tert-alkyl or cyclic N) is 1. The predicted octanol–water partition coefficient (Wildman–Crippen LogP) is -2.08. The zero-order valence-electron chi connectivity index (χ0n) is 10.1. The molecule has 2 rings (SSSR count). The molecule has 0 radical (unpaired) electrons. The number of aromatic amines is 2. The van der Waals surface area contributed by atoms with Crippen LogP contribution in [0.1, 0.15) is 12.0 Å². The van der Waals surface area contributed by atoms with Crippen molar-refractivity contribution >= 4 is 0 Å². The van der Waals surface area contributed by atoms with E-state index in [9.17, 15) is 14.7 Å². The van der Waals surface area contributed by atoms with Gasteiger partial charge in [0.05, 0.1) is 5.60 Å². The fourth-order valence-electron chi connectivity index (χ4n) is 2.05. The highest BCUT2D eigenvalue weighted by Crippen LogP contribution is 2.12. The SMILES string of the molecule is O=c1[nH]cc(CCNCC2(O)CCNC2)c(=O)[nH]1. The number of rotatable bonds is 5. The molecule has 0 aromatic carbocycles. The van der Waals surface area contributed by atoms with Crippen LogP contribution in [0.3, 0.4) is 0 Å². The number of hydrogen-bond acceptors (Lipinski definition) is 5. The molecule has 0 saturated carbocycles. The number of aliphatic hydroxyl groups is 1. The average Bonchev–Trinajstić information content (AvgIpc) is 2.74. The first kappa shape index (κ1) is 13.0. The van der Waals surface area contributed by atoms with Crippen molar-refractivity contribution in [2.45, 2.75) is 18.4 Å². The van der Waals surface area contributed by atoms with Crippen molar-refractivity contribution < 1.29 is 5.11 Å². The third-order valence-electron chi connectivity index (χ3n) is 3.14. The van der Waals surface area contributed by atoms with E-state index in [1.54, 1.807) is 0 Å². The van der Waals surface area contributed by atoms with Crippen LogP contribution in [0.2, 0.25) is 0 Å². The Labute approximate surface area is 104 Å². The Morgan fingerprint density at radius 3 is 2.94 bits per heavy atom. The fourth-order valence-corrected chi connectivity index (χ4v) is 2.05. The minimum absolute atomic E-state index is 0.359. The molecule has 1 aliphatic rings. The maximum atomic E-state index is 11.4. The second-order valence-corrected chi connectivity index (χ2v) is 4.68. The maximum absolute atomic E-state index is 11.4. The molecule has 5 N–H and O–H groups in total. The molecule has 0 bridgehead atoms. The summed E-state index contributed by atoms with van der Waals surface area (Å²) in [6, 6.07) is 0. The van der Waals surface area contributed by atoms with Gasteiger partial charge in [-0.2, -0.15) is 0 Å². The number of nitrogens with one attached hydrogen (secondary N) is 4. The summed E-state index contributed by atoms with van der Waals surface area (Å²) in [5.74, 6) is 0. The highest BCUT2D eigenvalue weighted by atomic mass is 16.3. The van der Waals surface area contributed by atoms with Gasteiger partial charge in [0.25, 0.3) is 5.56 Å². The van der Waals surface area contributed by atoms with Crippen LogP contribution in [0.15, 0.2) is 15.8 Å². The fraction of sp³-hybridized carbons (Fsp3) is 0.636. The lowest BCUT2D eigenvalue weighted by molar-refractivity contribution is 0.0615. The number of H-pyrrole nitrogens is 2.